The van der Waals surface area contributed by atoms with Gasteiger partial charge in [-0.3, -0.25) is 4.79 Å². The van der Waals surface area contributed by atoms with Crippen molar-refractivity contribution in [1.29, 1.82) is 0 Å². The molecular weight excluding hydrogens is 310 g/mol. The molecule has 0 aliphatic rings. The largest absolute Gasteiger partial charge is 0.481 e. The van der Waals surface area contributed by atoms with Crippen molar-refractivity contribution in [2.45, 2.75) is 59.1 Å². The number of ether oxygens (including phenoxy) is 1. The van der Waals surface area contributed by atoms with Gasteiger partial charge in [0.15, 0.2) is 6.10 Å². The molecule has 0 spiro atoms. The van der Waals surface area contributed by atoms with Gasteiger partial charge in [0.25, 0.3) is 5.91 Å². The van der Waals surface area contributed by atoms with E-state index < -0.39 is 6.10 Å². The van der Waals surface area contributed by atoms with Crippen molar-refractivity contribution < 1.29 is 9.53 Å². The van der Waals surface area contributed by atoms with Crippen LogP contribution in [0.2, 0.25) is 0 Å². The number of hydrogen-bond acceptors (Lipinski definition) is 2. The normalized spacial score (nSPS) is 12.5. The molecular formula is C22H29NO2. The molecule has 2 rings (SSSR count). The molecule has 0 fully saturated rings. The fourth-order valence-electron chi connectivity index (χ4n) is 2.84. The van der Waals surface area contributed by atoms with E-state index in [-0.39, 0.29) is 11.4 Å². The smallest absolute Gasteiger partial charge is 0.261 e. The molecule has 2 aromatic rings. The van der Waals surface area contributed by atoms with Crippen molar-refractivity contribution in [3.63, 3.8) is 0 Å². The maximum Gasteiger partial charge on any atom is 0.261 e. The highest BCUT2D eigenvalue weighted by Gasteiger charge is 2.26. The first kappa shape index (κ1) is 19.0. The molecule has 134 valence electrons. The monoisotopic (exact) mass is 339 g/mol. The number of carbonyl (C=O) groups excluding carboxylic acids is 1. The lowest BCUT2D eigenvalue weighted by Crippen LogP contribution is -2.50. The minimum Gasteiger partial charge on any atom is -0.481 e. The number of hydrogen-bond donors (Lipinski definition) is 1. The van der Waals surface area contributed by atoms with Crippen LogP contribution in [0.4, 0.5) is 0 Å². The summed E-state index contributed by atoms with van der Waals surface area (Å²) in [6.07, 6.45) is 0.914. The zero-order chi connectivity index (χ0) is 18.4. The molecule has 1 atom stereocenters. The van der Waals surface area contributed by atoms with E-state index in [1.807, 2.05) is 64.1 Å². The summed E-state index contributed by atoms with van der Waals surface area (Å²) in [5.41, 5.74) is 3.25. The summed E-state index contributed by atoms with van der Waals surface area (Å²) in [6.45, 7) is 10.2. The summed E-state index contributed by atoms with van der Waals surface area (Å²) < 4.78 is 5.95. The van der Waals surface area contributed by atoms with Gasteiger partial charge in [0.1, 0.15) is 5.75 Å². The SMILES string of the molecule is CC[C@@H](Oc1ccc(C)c(C)c1)C(=O)NC(C)(C)Cc1ccccc1. The number of rotatable bonds is 7. The number of nitrogens with one attached hydrogen (secondary N) is 1. The van der Waals surface area contributed by atoms with Gasteiger partial charge in [0.2, 0.25) is 0 Å². The maximum absolute atomic E-state index is 12.7. The predicted octanol–water partition coefficient (Wildman–Crippen LogP) is 4.60. The lowest BCUT2D eigenvalue weighted by Gasteiger charge is -2.29. The minimum atomic E-state index is -0.489. The first-order chi connectivity index (χ1) is 11.8. The van der Waals surface area contributed by atoms with E-state index in [2.05, 4.69) is 24.4 Å². The Labute approximate surface area is 151 Å². The van der Waals surface area contributed by atoms with Crippen LogP contribution in [-0.2, 0) is 11.2 Å². The van der Waals surface area contributed by atoms with E-state index >= 15 is 0 Å². The van der Waals surface area contributed by atoms with Gasteiger partial charge in [-0.1, -0.05) is 43.3 Å². The fourth-order valence-corrected chi connectivity index (χ4v) is 2.84. The van der Waals surface area contributed by atoms with Gasteiger partial charge < -0.3 is 10.1 Å². The van der Waals surface area contributed by atoms with Crippen LogP contribution in [0.5, 0.6) is 5.75 Å². The van der Waals surface area contributed by atoms with Crippen molar-refractivity contribution in [3.05, 3.63) is 65.2 Å². The van der Waals surface area contributed by atoms with Crippen molar-refractivity contribution in [3.8, 4) is 5.75 Å². The first-order valence-corrected chi connectivity index (χ1v) is 8.90. The van der Waals surface area contributed by atoms with Crippen molar-refractivity contribution >= 4 is 5.91 Å². The van der Waals surface area contributed by atoms with Gasteiger partial charge in [0.05, 0.1) is 0 Å². The summed E-state index contributed by atoms with van der Waals surface area (Å²) in [5, 5.41) is 3.14. The molecule has 0 saturated heterocycles. The van der Waals surface area contributed by atoms with Crippen LogP contribution in [0, 0.1) is 13.8 Å². The van der Waals surface area contributed by atoms with Crippen LogP contribution >= 0.6 is 0 Å². The molecule has 25 heavy (non-hydrogen) atoms. The Morgan fingerprint density at radius 3 is 2.36 bits per heavy atom. The fraction of sp³-hybridized carbons (Fsp3) is 0.409. The van der Waals surface area contributed by atoms with Crippen LogP contribution in [0.1, 0.15) is 43.9 Å². The topological polar surface area (TPSA) is 38.3 Å². The third kappa shape index (κ3) is 5.63. The Kier molecular flexibility index (Phi) is 6.24. The predicted molar refractivity (Wildman–Crippen MR) is 103 cm³/mol. The lowest BCUT2D eigenvalue weighted by atomic mass is 9.94. The number of carbonyl (C=O) groups is 1. The minimum absolute atomic E-state index is 0.0679. The van der Waals surface area contributed by atoms with Gasteiger partial charge in [-0.25, -0.2) is 0 Å². The van der Waals surface area contributed by atoms with E-state index in [0.717, 1.165) is 17.7 Å². The molecule has 0 heterocycles. The molecule has 0 unspecified atom stereocenters. The number of amides is 1. The van der Waals surface area contributed by atoms with Gasteiger partial charge in [-0.15, -0.1) is 0 Å². The molecule has 2 aromatic carbocycles. The Bertz CT molecular complexity index is 707. The van der Waals surface area contributed by atoms with E-state index in [9.17, 15) is 4.79 Å². The Morgan fingerprint density at radius 2 is 1.76 bits per heavy atom. The van der Waals surface area contributed by atoms with E-state index in [1.165, 1.54) is 11.1 Å². The molecule has 0 aliphatic heterocycles. The Balaban J connectivity index is 2.02. The van der Waals surface area contributed by atoms with Crippen molar-refractivity contribution in [2.24, 2.45) is 0 Å². The Morgan fingerprint density at radius 1 is 1.08 bits per heavy atom. The van der Waals surface area contributed by atoms with Crippen LogP contribution in [0.3, 0.4) is 0 Å². The maximum atomic E-state index is 12.7. The second-order valence-corrected chi connectivity index (χ2v) is 7.30. The standard InChI is InChI=1S/C22H29NO2/c1-6-20(25-19-13-12-16(2)17(3)14-19)21(24)23-22(4,5)15-18-10-8-7-9-11-18/h7-14,20H,6,15H2,1-5H3,(H,23,24)/t20-/m1/s1. The third-order valence-corrected chi connectivity index (χ3v) is 4.37. The molecule has 0 saturated carbocycles. The third-order valence-electron chi connectivity index (χ3n) is 4.37. The molecule has 0 aromatic heterocycles. The number of aryl methyl sites for hydroxylation is 2. The summed E-state index contributed by atoms with van der Waals surface area (Å²) in [6, 6.07) is 16.1. The summed E-state index contributed by atoms with van der Waals surface area (Å²) in [5.74, 6) is 0.674. The van der Waals surface area contributed by atoms with Crippen LogP contribution < -0.4 is 10.1 Å². The highest BCUT2D eigenvalue weighted by molar-refractivity contribution is 5.81. The zero-order valence-corrected chi connectivity index (χ0v) is 15.9. The van der Waals surface area contributed by atoms with E-state index in [0.29, 0.717) is 6.42 Å². The quantitative estimate of drug-likeness (QED) is 0.801. The lowest BCUT2D eigenvalue weighted by molar-refractivity contribution is -0.129. The average molecular weight is 339 g/mol. The zero-order valence-electron chi connectivity index (χ0n) is 15.9. The Hall–Kier alpha value is -2.29. The summed E-state index contributed by atoms with van der Waals surface area (Å²) in [7, 11) is 0. The summed E-state index contributed by atoms with van der Waals surface area (Å²) in [4.78, 5) is 12.7. The highest BCUT2D eigenvalue weighted by Crippen LogP contribution is 2.19. The van der Waals surface area contributed by atoms with Crippen molar-refractivity contribution in [1.82, 2.24) is 5.32 Å². The average Bonchev–Trinajstić information content (AvgIpc) is 2.55. The molecule has 1 amide bonds. The van der Waals surface area contributed by atoms with E-state index in [4.69, 9.17) is 4.74 Å². The first-order valence-electron chi connectivity index (χ1n) is 8.90. The molecule has 3 nitrogen and oxygen atoms in total. The molecule has 0 bridgehead atoms. The van der Waals surface area contributed by atoms with Crippen molar-refractivity contribution in [2.75, 3.05) is 0 Å². The second-order valence-electron chi connectivity index (χ2n) is 7.30. The van der Waals surface area contributed by atoms with Gasteiger partial charge in [-0.2, -0.15) is 0 Å². The van der Waals surface area contributed by atoms with Gasteiger partial charge in [0, 0.05) is 5.54 Å². The highest BCUT2D eigenvalue weighted by atomic mass is 16.5. The van der Waals surface area contributed by atoms with Crippen LogP contribution in [0.25, 0.3) is 0 Å². The van der Waals surface area contributed by atoms with Crippen LogP contribution in [-0.4, -0.2) is 17.6 Å². The molecule has 0 radical (unpaired) electrons. The molecule has 3 heteroatoms. The van der Waals surface area contributed by atoms with Gasteiger partial charge in [-0.05, 0) is 69.4 Å². The molecule has 0 aliphatic carbocycles. The van der Waals surface area contributed by atoms with Gasteiger partial charge >= 0.3 is 0 Å². The number of benzene rings is 2. The summed E-state index contributed by atoms with van der Waals surface area (Å²) >= 11 is 0. The molecule has 1 N–H and O–H groups in total. The van der Waals surface area contributed by atoms with Crippen LogP contribution in [0.15, 0.2) is 48.5 Å². The second kappa shape index (κ2) is 8.19. The van der Waals surface area contributed by atoms with E-state index in [1.54, 1.807) is 0 Å².